The fraction of sp³-hybridized carbons (Fsp3) is 0.556. The summed E-state index contributed by atoms with van der Waals surface area (Å²) in [5, 5.41) is 0. The first-order valence-corrected chi connectivity index (χ1v) is 4.32. The molecule has 1 aromatic rings. The Hall–Kier alpha value is -1.33. The number of nitrogens with zero attached hydrogens (tertiary/aromatic N) is 2. The van der Waals surface area contributed by atoms with Crippen molar-refractivity contribution in [1.29, 1.82) is 0 Å². The van der Waals surface area contributed by atoms with E-state index in [0.29, 0.717) is 0 Å². The number of hydrogen-bond donors (Lipinski definition) is 1. The van der Waals surface area contributed by atoms with Crippen LogP contribution in [0.15, 0.2) is 6.20 Å². The maximum absolute atomic E-state index is 12.6. The van der Waals surface area contributed by atoms with E-state index in [2.05, 4.69) is 9.97 Å². The molecule has 0 amide bonds. The van der Waals surface area contributed by atoms with Crippen molar-refractivity contribution in [3.63, 3.8) is 0 Å². The quantitative estimate of drug-likeness (QED) is 0.728. The molecular formula is C9H12F3N3. The van der Waals surface area contributed by atoms with Crippen molar-refractivity contribution in [1.82, 2.24) is 9.97 Å². The first kappa shape index (κ1) is 11.7. The summed E-state index contributed by atoms with van der Waals surface area (Å²) in [6.07, 6.45) is -3.37. The molecule has 0 aromatic carbocycles. The minimum absolute atomic E-state index is 0.0456. The second-order valence-corrected chi connectivity index (χ2v) is 4.24. The van der Waals surface area contributed by atoms with Crippen LogP contribution in [0, 0.1) is 0 Å². The summed E-state index contributed by atoms with van der Waals surface area (Å²) >= 11 is 0. The van der Waals surface area contributed by atoms with Gasteiger partial charge in [0.25, 0.3) is 0 Å². The lowest BCUT2D eigenvalue weighted by atomic mass is 9.86. The topological polar surface area (TPSA) is 51.8 Å². The molecule has 0 fully saturated rings. The highest BCUT2D eigenvalue weighted by molar-refractivity contribution is 5.31. The van der Waals surface area contributed by atoms with Gasteiger partial charge < -0.3 is 5.73 Å². The Morgan fingerprint density at radius 1 is 1.20 bits per heavy atom. The largest absolute Gasteiger partial charge is 0.433 e. The highest BCUT2D eigenvalue weighted by Crippen LogP contribution is 2.35. The van der Waals surface area contributed by atoms with Crippen molar-refractivity contribution >= 4 is 5.95 Å². The monoisotopic (exact) mass is 219 g/mol. The Kier molecular flexibility index (Phi) is 2.63. The Labute approximate surface area is 85.5 Å². The van der Waals surface area contributed by atoms with Crippen molar-refractivity contribution in [3.8, 4) is 0 Å². The standard InChI is InChI=1S/C9H12F3N3/c1-8(2,3)5-4-14-7(13)15-6(5)9(10,11)12/h4H,1-3H3,(H2,13,14,15). The fourth-order valence-corrected chi connectivity index (χ4v) is 1.16. The molecule has 1 rings (SSSR count). The van der Waals surface area contributed by atoms with Gasteiger partial charge in [0.15, 0.2) is 5.69 Å². The smallest absolute Gasteiger partial charge is 0.368 e. The number of anilines is 1. The molecular weight excluding hydrogens is 207 g/mol. The van der Waals surface area contributed by atoms with Crippen LogP contribution in [-0.2, 0) is 11.6 Å². The summed E-state index contributed by atoms with van der Waals surface area (Å²) in [6.45, 7) is 4.99. The molecule has 0 atom stereocenters. The highest BCUT2D eigenvalue weighted by Gasteiger charge is 2.38. The molecule has 0 aliphatic heterocycles. The zero-order valence-corrected chi connectivity index (χ0v) is 8.68. The van der Waals surface area contributed by atoms with E-state index >= 15 is 0 Å². The average Bonchev–Trinajstić information content (AvgIpc) is 2.00. The third kappa shape index (κ3) is 2.57. The number of nitrogens with two attached hydrogens (primary N) is 1. The Morgan fingerprint density at radius 3 is 2.13 bits per heavy atom. The zero-order valence-electron chi connectivity index (χ0n) is 8.68. The van der Waals surface area contributed by atoms with Crippen LogP contribution in [0.4, 0.5) is 19.1 Å². The van der Waals surface area contributed by atoms with Gasteiger partial charge in [0.05, 0.1) is 0 Å². The number of nitrogen functional groups attached to an aromatic ring is 1. The van der Waals surface area contributed by atoms with E-state index in [4.69, 9.17) is 5.73 Å². The minimum Gasteiger partial charge on any atom is -0.368 e. The van der Waals surface area contributed by atoms with Crippen LogP contribution < -0.4 is 5.73 Å². The second-order valence-electron chi connectivity index (χ2n) is 4.24. The van der Waals surface area contributed by atoms with Gasteiger partial charge in [0, 0.05) is 11.8 Å². The van der Waals surface area contributed by atoms with E-state index < -0.39 is 17.3 Å². The van der Waals surface area contributed by atoms with Crippen molar-refractivity contribution in [3.05, 3.63) is 17.5 Å². The van der Waals surface area contributed by atoms with Crippen molar-refractivity contribution in [2.45, 2.75) is 32.4 Å². The van der Waals surface area contributed by atoms with Gasteiger partial charge in [-0.3, -0.25) is 0 Å². The van der Waals surface area contributed by atoms with Crippen LogP contribution in [0.2, 0.25) is 0 Å². The molecule has 0 unspecified atom stereocenters. The Balaban J connectivity index is 3.41. The SMILES string of the molecule is CC(C)(C)c1cnc(N)nc1C(F)(F)F. The lowest BCUT2D eigenvalue weighted by Crippen LogP contribution is -2.22. The molecule has 3 nitrogen and oxygen atoms in total. The van der Waals surface area contributed by atoms with E-state index in [1.807, 2.05) is 0 Å². The van der Waals surface area contributed by atoms with Gasteiger partial charge in [-0.05, 0) is 5.41 Å². The van der Waals surface area contributed by atoms with E-state index in [1.165, 1.54) is 0 Å². The summed E-state index contributed by atoms with van der Waals surface area (Å²) in [6, 6.07) is 0. The van der Waals surface area contributed by atoms with Gasteiger partial charge in [-0.25, -0.2) is 9.97 Å². The summed E-state index contributed by atoms with van der Waals surface area (Å²) < 4.78 is 37.8. The van der Waals surface area contributed by atoms with Crippen LogP contribution in [0.25, 0.3) is 0 Å². The summed E-state index contributed by atoms with van der Waals surface area (Å²) in [5.41, 5.74) is 3.57. The van der Waals surface area contributed by atoms with E-state index in [0.717, 1.165) is 6.20 Å². The predicted molar refractivity (Wildman–Crippen MR) is 50.1 cm³/mol. The number of hydrogen-bond acceptors (Lipinski definition) is 3. The number of rotatable bonds is 0. The minimum atomic E-state index is -4.50. The lowest BCUT2D eigenvalue weighted by Gasteiger charge is -2.22. The zero-order chi connectivity index (χ0) is 11.9. The van der Waals surface area contributed by atoms with Crippen molar-refractivity contribution in [2.75, 3.05) is 5.73 Å². The van der Waals surface area contributed by atoms with Crippen LogP contribution in [0.5, 0.6) is 0 Å². The first-order valence-electron chi connectivity index (χ1n) is 4.32. The van der Waals surface area contributed by atoms with Crippen LogP contribution in [-0.4, -0.2) is 9.97 Å². The molecule has 0 aliphatic carbocycles. The van der Waals surface area contributed by atoms with E-state index in [9.17, 15) is 13.2 Å². The van der Waals surface area contributed by atoms with Gasteiger partial charge in [0.2, 0.25) is 5.95 Å². The summed E-state index contributed by atoms with van der Waals surface area (Å²) in [5.74, 6) is -0.365. The average molecular weight is 219 g/mol. The first-order chi connectivity index (χ1) is 6.62. The van der Waals surface area contributed by atoms with Gasteiger partial charge in [-0.1, -0.05) is 20.8 Å². The highest BCUT2D eigenvalue weighted by atomic mass is 19.4. The van der Waals surface area contributed by atoms with E-state index in [1.54, 1.807) is 20.8 Å². The Morgan fingerprint density at radius 2 is 1.73 bits per heavy atom. The molecule has 15 heavy (non-hydrogen) atoms. The van der Waals surface area contributed by atoms with Gasteiger partial charge in [-0.2, -0.15) is 13.2 Å². The maximum atomic E-state index is 12.6. The van der Waals surface area contributed by atoms with Gasteiger partial charge in [0.1, 0.15) is 0 Å². The second kappa shape index (κ2) is 3.36. The molecule has 1 heterocycles. The molecule has 2 N–H and O–H groups in total. The Bertz CT molecular complexity index is 366. The summed E-state index contributed by atoms with van der Waals surface area (Å²) in [7, 11) is 0. The van der Waals surface area contributed by atoms with Crippen LogP contribution >= 0.6 is 0 Å². The maximum Gasteiger partial charge on any atom is 0.433 e. The number of alkyl halides is 3. The fourth-order valence-electron chi connectivity index (χ4n) is 1.16. The van der Waals surface area contributed by atoms with Crippen LogP contribution in [0.1, 0.15) is 32.0 Å². The number of halogens is 3. The molecule has 84 valence electrons. The summed E-state index contributed by atoms with van der Waals surface area (Å²) in [4.78, 5) is 6.84. The van der Waals surface area contributed by atoms with E-state index in [-0.39, 0.29) is 11.5 Å². The molecule has 0 aliphatic rings. The predicted octanol–water partition coefficient (Wildman–Crippen LogP) is 2.38. The molecule has 0 saturated heterocycles. The van der Waals surface area contributed by atoms with Crippen molar-refractivity contribution in [2.24, 2.45) is 0 Å². The molecule has 6 heteroatoms. The number of aromatic nitrogens is 2. The molecule has 0 saturated carbocycles. The lowest BCUT2D eigenvalue weighted by molar-refractivity contribution is -0.142. The molecule has 0 spiro atoms. The molecule has 0 bridgehead atoms. The van der Waals surface area contributed by atoms with Crippen molar-refractivity contribution < 1.29 is 13.2 Å². The molecule has 0 radical (unpaired) electrons. The van der Waals surface area contributed by atoms with Gasteiger partial charge >= 0.3 is 6.18 Å². The third-order valence-corrected chi connectivity index (χ3v) is 1.88. The molecule has 1 aromatic heterocycles. The van der Waals surface area contributed by atoms with Gasteiger partial charge in [-0.15, -0.1) is 0 Å². The van der Waals surface area contributed by atoms with Crippen LogP contribution in [0.3, 0.4) is 0 Å². The third-order valence-electron chi connectivity index (χ3n) is 1.88. The normalized spacial score (nSPS) is 12.9.